The van der Waals surface area contributed by atoms with E-state index in [4.69, 9.17) is 0 Å². The van der Waals surface area contributed by atoms with Gasteiger partial charge in [-0.05, 0) is 42.7 Å². The van der Waals surface area contributed by atoms with Crippen molar-refractivity contribution in [2.45, 2.75) is 31.6 Å². The Hall–Kier alpha value is -2.34. The van der Waals surface area contributed by atoms with Gasteiger partial charge >= 0.3 is 0 Å². The van der Waals surface area contributed by atoms with Crippen LogP contribution in [-0.2, 0) is 10.0 Å². The zero-order valence-electron chi connectivity index (χ0n) is 13.3. The average molecular weight is 329 g/mol. The SMILES string of the molecule is Cc1nc2ccc(S(=O)(=O)Nc3ccccc3C(C)C)cc2[nH]1. The van der Waals surface area contributed by atoms with Crippen molar-refractivity contribution in [2.24, 2.45) is 0 Å². The van der Waals surface area contributed by atoms with Crippen LogP contribution < -0.4 is 4.72 Å². The van der Waals surface area contributed by atoms with Gasteiger partial charge in [-0.25, -0.2) is 13.4 Å². The third-order valence-corrected chi connectivity index (χ3v) is 5.07. The molecule has 0 saturated carbocycles. The number of sulfonamides is 1. The molecule has 23 heavy (non-hydrogen) atoms. The van der Waals surface area contributed by atoms with Gasteiger partial charge in [-0.15, -0.1) is 0 Å². The molecule has 120 valence electrons. The number of nitrogens with one attached hydrogen (secondary N) is 2. The molecule has 0 spiro atoms. The van der Waals surface area contributed by atoms with Crippen LogP contribution in [0.15, 0.2) is 47.4 Å². The molecular weight excluding hydrogens is 310 g/mol. The van der Waals surface area contributed by atoms with Crippen LogP contribution in [0.25, 0.3) is 11.0 Å². The fourth-order valence-corrected chi connectivity index (χ4v) is 3.69. The zero-order valence-corrected chi connectivity index (χ0v) is 14.1. The smallest absolute Gasteiger partial charge is 0.261 e. The molecule has 1 heterocycles. The van der Waals surface area contributed by atoms with Gasteiger partial charge < -0.3 is 4.98 Å². The molecule has 3 aromatic rings. The van der Waals surface area contributed by atoms with Gasteiger partial charge in [-0.2, -0.15) is 0 Å². The monoisotopic (exact) mass is 329 g/mol. The van der Waals surface area contributed by atoms with E-state index in [1.165, 1.54) is 0 Å². The molecule has 0 amide bonds. The summed E-state index contributed by atoms with van der Waals surface area (Å²) in [5.74, 6) is 0.985. The van der Waals surface area contributed by atoms with Gasteiger partial charge in [0.25, 0.3) is 10.0 Å². The topological polar surface area (TPSA) is 74.8 Å². The van der Waals surface area contributed by atoms with Crippen molar-refractivity contribution in [3.05, 3.63) is 53.9 Å². The number of benzene rings is 2. The molecule has 3 rings (SSSR count). The number of para-hydroxylation sites is 1. The molecule has 5 nitrogen and oxygen atoms in total. The number of aromatic amines is 1. The second kappa shape index (κ2) is 5.70. The van der Waals surface area contributed by atoms with Gasteiger partial charge in [-0.1, -0.05) is 32.0 Å². The fourth-order valence-electron chi connectivity index (χ4n) is 2.58. The van der Waals surface area contributed by atoms with Crippen molar-refractivity contribution in [1.82, 2.24) is 9.97 Å². The molecular formula is C17H19N3O2S. The van der Waals surface area contributed by atoms with Crippen molar-refractivity contribution in [1.29, 1.82) is 0 Å². The Balaban J connectivity index is 2.00. The predicted molar refractivity (Wildman–Crippen MR) is 92.2 cm³/mol. The Kier molecular flexibility index (Phi) is 3.85. The highest BCUT2D eigenvalue weighted by Gasteiger charge is 2.17. The Bertz CT molecular complexity index is 959. The quantitative estimate of drug-likeness (QED) is 0.764. The summed E-state index contributed by atoms with van der Waals surface area (Å²) < 4.78 is 28.1. The van der Waals surface area contributed by atoms with Gasteiger partial charge in [-0.3, -0.25) is 4.72 Å². The van der Waals surface area contributed by atoms with Crippen LogP contribution >= 0.6 is 0 Å². The molecule has 0 bridgehead atoms. The van der Waals surface area contributed by atoms with E-state index < -0.39 is 10.0 Å². The highest BCUT2D eigenvalue weighted by Crippen LogP contribution is 2.27. The number of fused-ring (bicyclic) bond motifs is 1. The summed E-state index contributed by atoms with van der Waals surface area (Å²) in [6.45, 7) is 5.91. The highest BCUT2D eigenvalue weighted by atomic mass is 32.2. The van der Waals surface area contributed by atoms with E-state index in [1.54, 1.807) is 24.3 Å². The lowest BCUT2D eigenvalue weighted by molar-refractivity contribution is 0.601. The molecule has 1 aromatic heterocycles. The second-order valence-electron chi connectivity index (χ2n) is 5.85. The number of anilines is 1. The molecule has 0 unspecified atom stereocenters. The second-order valence-corrected chi connectivity index (χ2v) is 7.53. The van der Waals surface area contributed by atoms with Gasteiger partial charge in [0.1, 0.15) is 5.82 Å². The zero-order chi connectivity index (χ0) is 16.6. The molecule has 0 fully saturated rings. The summed E-state index contributed by atoms with van der Waals surface area (Å²) in [6.07, 6.45) is 0. The molecule has 0 aliphatic carbocycles. The fraction of sp³-hybridized carbons (Fsp3) is 0.235. The van der Waals surface area contributed by atoms with E-state index in [0.29, 0.717) is 11.2 Å². The third-order valence-electron chi connectivity index (χ3n) is 3.71. The predicted octanol–water partition coefficient (Wildman–Crippen LogP) is 3.80. The van der Waals surface area contributed by atoms with Gasteiger partial charge in [0.2, 0.25) is 0 Å². The van der Waals surface area contributed by atoms with Crippen LogP contribution in [0.5, 0.6) is 0 Å². The average Bonchev–Trinajstić information content (AvgIpc) is 2.86. The number of H-pyrrole nitrogens is 1. The van der Waals surface area contributed by atoms with Crippen molar-refractivity contribution in [3.8, 4) is 0 Å². The summed E-state index contributed by atoms with van der Waals surface area (Å²) in [5.41, 5.74) is 3.05. The summed E-state index contributed by atoms with van der Waals surface area (Å²) in [4.78, 5) is 7.56. The van der Waals surface area contributed by atoms with Crippen LogP contribution in [0.1, 0.15) is 31.2 Å². The van der Waals surface area contributed by atoms with E-state index in [9.17, 15) is 8.42 Å². The number of hydrogen-bond acceptors (Lipinski definition) is 3. The minimum Gasteiger partial charge on any atom is -0.342 e. The van der Waals surface area contributed by atoms with Crippen molar-refractivity contribution >= 4 is 26.7 Å². The Morgan fingerprint density at radius 2 is 1.87 bits per heavy atom. The lowest BCUT2D eigenvalue weighted by Gasteiger charge is -2.14. The number of aryl methyl sites for hydroxylation is 1. The number of nitrogens with zero attached hydrogens (tertiary/aromatic N) is 1. The van der Waals surface area contributed by atoms with E-state index >= 15 is 0 Å². The minimum atomic E-state index is -3.65. The highest BCUT2D eigenvalue weighted by molar-refractivity contribution is 7.92. The van der Waals surface area contributed by atoms with Crippen LogP contribution in [0.4, 0.5) is 5.69 Å². The molecule has 0 aliphatic rings. The summed E-state index contributed by atoms with van der Waals surface area (Å²) >= 11 is 0. The van der Waals surface area contributed by atoms with Crippen LogP contribution in [-0.4, -0.2) is 18.4 Å². The van der Waals surface area contributed by atoms with E-state index in [0.717, 1.165) is 16.9 Å². The molecule has 0 radical (unpaired) electrons. The normalized spacial score (nSPS) is 12.0. The van der Waals surface area contributed by atoms with Crippen molar-refractivity contribution in [2.75, 3.05) is 4.72 Å². The maximum Gasteiger partial charge on any atom is 0.261 e. The summed E-state index contributed by atoms with van der Waals surface area (Å²) in [6, 6.07) is 12.3. The molecule has 2 aromatic carbocycles. The van der Waals surface area contributed by atoms with Crippen LogP contribution in [0.2, 0.25) is 0 Å². The molecule has 0 aliphatic heterocycles. The van der Waals surface area contributed by atoms with Gasteiger partial charge in [0, 0.05) is 0 Å². The first kappa shape index (κ1) is 15.6. The largest absolute Gasteiger partial charge is 0.342 e. The lowest BCUT2D eigenvalue weighted by Crippen LogP contribution is -2.14. The summed E-state index contributed by atoms with van der Waals surface area (Å²) in [5, 5.41) is 0. The first-order chi connectivity index (χ1) is 10.9. The van der Waals surface area contributed by atoms with Crippen molar-refractivity contribution < 1.29 is 8.42 Å². The van der Waals surface area contributed by atoms with Crippen LogP contribution in [0.3, 0.4) is 0 Å². The first-order valence-corrected chi connectivity index (χ1v) is 8.93. The molecule has 0 atom stereocenters. The molecule has 6 heteroatoms. The molecule has 2 N–H and O–H groups in total. The number of aromatic nitrogens is 2. The minimum absolute atomic E-state index is 0.215. The Morgan fingerprint density at radius 1 is 1.13 bits per heavy atom. The van der Waals surface area contributed by atoms with Gasteiger partial charge in [0.15, 0.2) is 0 Å². The standard InChI is InChI=1S/C17H19N3O2S/c1-11(2)14-6-4-5-7-15(14)20-23(21,22)13-8-9-16-17(10-13)19-12(3)18-16/h4-11,20H,1-3H3,(H,18,19). The Labute approximate surface area is 135 Å². The van der Waals surface area contributed by atoms with E-state index in [1.807, 2.05) is 39.0 Å². The van der Waals surface area contributed by atoms with Crippen LogP contribution in [0, 0.1) is 6.92 Å². The molecule has 0 saturated heterocycles. The van der Waals surface area contributed by atoms with E-state index in [2.05, 4.69) is 14.7 Å². The van der Waals surface area contributed by atoms with Gasteiger partial charge in [0.05, 0.1) is 21.6 Å². The number of hydrogen-bond donors (Lipinski definition) is 2. The Morgan fingerprint density at radius 3 is 2.61 bits per heavy atom. The summed E-state index contributed by atoms with van der Waals surface area (Å²) in [7, 11) is -3.65. The third kappa shape index (κ3) is 3.07. The lowest BCUT2D eigenvalue weighted by atomic mass is 10.0. The maximum atomic E-state index is 12.7. The number of imidazole rings is 1. The maximum absolute atomic E-state index is 12.7. The first-order valence-electron chi connectivity index (χ1n) is 7.45. The number of rotatable bonds is 4. The van der Waals surface area contributed by atoms with E-state index in [-0.39, 0.29) is 10.8 Å². The van der Waals surface area contributed by atoms with Crippen molar-refractivity contribution in [3.63, 3.8) is 0 Å².